The van der Waals surface area contributed by atoms with Crippen molar-refractivity contribution in [2.45, 2.75) is 6.42 Å². The number of carbonyl (C=O) groups is 2. The van der Waals surface area contributed by atoms with Gasteiger partial charge in [-0.1, -0.05) is 42.5 Å². The van der Waals surface area contributed by atoms with Crippen LogP contribution < -0.4 is 14.8 Å². The van der Waals surface area contributed by atoms with Gasteiger partial charge in [-0.3, -0.25) is 4.79 Å². The lowest BCUT2D eigenvalue weighted by atomic mass is 10.1. The van der Waals surface area contributed by atoms with E-state index in [4.69, 9.17) is 14.2 Å². The van der Waals surface area contributed by atoms with Crippen molar-refractivity contribution in [2.24, 2.45) is 0 Å². The maximum Gasteiger partial charge on any atom is 0.344 e. The first-order chi connectivity index (χ1) is 14.1. The summed E-state index contributed by atoms with van der Waals surface area (Å²) < 4.78 is 15.5. The molecule has 0 fully saturated rings. The topological polar surface area (TPSA) is 73.9 Å². The summed E-state index contributed by atoms with van der Waals surface area (Å²) in [4.78, 5) is 23.6. The number of methoxy groups -OCH3 is 1. The first kappa shape index (κ1) is 20.2. The molecule has 0 atom stereocenters. The van der Waals surface area contributed by atoms with Crippen LogP contribution in [0.25, 0.3) is 10.8 Å². The maximum absolute atomic E-state index is 11.8. The van der Waals surface area contributed by atoms with Crippen molar-refractivity contribution < 1.29 is 23.8 Å². The van der Waals surface area contributed by atoms with E-state index in [2.05, 4.69) is 5.32 Å². The van der Waals surface area contributed by atoms with Crippen LogP contribution in [0.2, 0.25) is 0 Å². The second-order valence-corrected chi connectivity index (χ2v) is 6.41. The minimum atomic E-state index is -0.594. The molecule has 0 radical (unpaired) electrons. The fraction of sp³-hybridized carbons (Fsp3) is 0.217. The molecule has 3 aromatic rings. The molecular weight excluding hydrogens is 370 g/mol. The highest BCUT2D eigenvalue weighted by Gasteiger charge is 2.09. The molecule has 1 N–H and O–H groups in total. The molecule has 3 aromatic carbocycles. The van der Waals surface area contributed by atoms with Crippen LogP contribution in [0.4, 0.5) is 0 Å². The van der Waals surface area contributed by atoms with Gasteiger partial charge in [-0.2, -0.15) is 0 Å². The van der Waals surface area contributed by atoms with E-state index in [0.29, 0.717) is 18.7 Å². The minimum absolute atomic E-state index is 0.253. The molecule has 0 bridgehead atoms. The quantitative estimate of drug-likeness (QED) is 0.566. The Hall–Kier alpha value is -3.54. The van der Waals surface area contributed by atoms with E-state index in [1.165, 1.54) is 0 Å². The Balaban J connectivity index is 1.34. The van der Waals surface area contributed by atoms with Gasteiger partial charge < -0.3 is 19.5 Å². The van der Waals surface area contributed by atoms with E-state index in [9.17, 15) is 9.59 Å². The summed E-state index contributed by atoms with van der Waals surface area (Å²) in [5.74, 6) is 0.418. The molecule has 0 saturated carbocycles. The second-order valence-electron chi connectivity index (χ2n) is 6.41. The molecule has 0 saturated heterocycles. The normalized spacial score (nSPS) is 10.4. The van der Waals surface area contributed by atoms with Crippen LogP contribution in [0.1, 0.15) is 5.56 Å². The molecule has 29 heavy (non-hydrogen) atoms. The number of fused-ring (bicyclic) bond motifs is 1. The summed E-state index contributed by atoms with van der Waals surface area (Å²) >= 11 is 0. The number of nitrogens with one attached hydrogen (secondary N) is 1. The Labute approximate surface area is 169 Å². The predicted octanol–water partition coefficient (Wildman–Crippen LogP) is 3.13. The molecule has 3 rings (SSSR count). The summed E-state index contributed by atoms with van der Waals surface area (Å²) in [5, 5.41) is 4.84. The van der Waals surface area contributed by atoms with Gasteiger partial charge in [0.2, 0.25) is 0 Å². The smallest absolute Gasteiger partial charge is 0.344 e. The van der Waals surface area contributed by atoms with Gasteiger partial charge in [-0.15, -0.1) is 0 Å². The molecule has 6 nitrogen and oxygen atoms in total. The Morgan fingerprint density at radius 2 is 1.59 bits per heavy atom. The minimum Gasteiger partial charge on any atom is -0.497 e. The van der Waals surface area contributed by atoms with Crippen LogP contribution in [-0.2, 0) is 20.7 Å². The van der Waals surface area contributed by atoms with Crippen LogP contribution in [-0.4, -0.2) is 38.7 Å². The molecule has 0 unspecified atom stereocenters. The molecule has 0 aromatic heterocycles. The average molecular weight is 393 g/mol. The van der Waals surface area contributed by atoms with Crippen molar-refractivity contribution in [3.8, 4) is 11.5 Å². The Morgan fingerprint density at radius 3 is 2.34 bits per heavy atom. The highest BCUT2D eigenvalue weighted by Crippen LogP contribution is 2.20. The molecule has 6 heteroatoms. The van der Waals surface area contributed by atoms with E-state index in [1.807, 2.05) is 60.7 Å². The lowest BCUT2D eigenvalue weighted by Crippen LogP contribution is -2.31. The van der Waals surface area contributed by atoms with Crippen molar-refractivity contribution >= 4 is 22.6 Å². The third-order valence-corrected chi connectivity index (χ3v) is 4.34. The second kappa shape index (κ2) is 10.1. The van der Waals surface area contributed by atoms with Crippen molar-refractivity contribution in [1.29, 1.82) is 0 Å². The van der Waals surface area contributed by atoms with Crippen LogP contribution in [0.5, 0.6) is 11.5 Å². The number of hydrogen-bond acceptors (Lipinski definition) is 5. The van der Waals surface area contributed by atoms with Crippen LogP contribution in [0, 0.1) is 0 Å². The lowest BCUT2D eigenvalue weighted by Gasteiger charge is -2.09. The van der Waals surface area contributed by atoms with Crippen LogP contribution in [0.3, 0.4) is 0 Å². The largest absolute Gasteiger partial charge is 0.497 e. The zero-order valence-corrected chi connectivity index (χ0v) is 16.2. The predicted molar refractivity (Wildman–Crippen MR) is 110 cm³/mol. The Kier molecular flexibility index (Phi) is 7.05. The zero-order valence-electron chi connectivity index (χ0n) is 16.2. The molecule has 1 amide bonds. The first-order valence-corrected chi connectivity index (χ1v) is 9.31. The van der Waals surface area contributed by atoms with Gasteiger partial charge >= 0.3 is 5.97 Å². The van der Waals surface area contributed by atoms with Gasteiger partial charge in [0.1, 0.15) is 11.5 Å². The number of ether oxygens (including phenoxy) is 3. The molecular formula is C23H23NO5. The number of esters is 1. The third-order valence-electron chi connectivity index (χ3n) is 4.34. The van der Waals surface area contributed by atoms with Crippen molar-refractivity contribution in [1.82, 2.24) is 5.32 Å². The van der Waals surface area contributed by atoms with E-state index in [1.54, 1.807) is 13.2 Å². The fourth-order valence-corrected chi connectivity index (χ4v) is 2.78. The number of amides is 1. The molecule has 0 heterocycles. The fourth-order valence-electron chi connectivity index (χ4n) is 2.78. The van der Waals surface area contributed by atoms with Gasteiger partial charge in [0.05, 0.1) is 7.11 Å². The van der Waals surface area contributed by atoms with Crippen molar-refractivity contribution in [3.05, 3.63) is 72.3 Å². The highest BCUT2D eigenvalue weighted by molar-refractivity contribution is 5.84. The number of hydrogen-bond donors (Lipinski definition) is 1. The summed E-state index contributed by atoms with van der Waals surface area (Å²) in [6.07, 6.45) is 0.675. The molecule has 150 valence electrons. The lowest BCUT2D eigenvalue weighted by molar-refractivity contribution is -0.150. The summed E-state index contributed by atoms with van der Waals surface area (Å²) in [5.41, 5.74) is 1.08. The highest BCUT2D eigenvalue weighted by atomic mass is 16.6. The Bertz CT molecular complexity index is 968. The molecule has 0 aliphatic heterocycles. The third kappa shape index (κ3) is 6.24. The van der Waals surface area contributed by atoms with Gasteiger partial charge in [0.25, 0.3) is 5.91 Å². The first-order valence-electron chi connectivity index (χ1n) is 9.31. The van der Waals surface area contributed by atoms with E-state index in [0.717, 1.165) is 22.1 Å². The van der Waals surface area contributed by atoms with E-state index in [-0.39, 0.29) is 19.1 Å². The average Bonchev–Trinajstić information content (AvgIpc) is 2.76. The monoisotopic (exact) mass is 393 g/mol. The summed E-state index contributed by atoms with van der Waals surface area (Å²) in [6.45, 7) is -0.129. The van der Waals surface area contributed by atoms with Gasteiger partial charge in [-0.25, -0.2) is 4.79 Å². The summed E-state index contributed by atoms with van der Waals surface area (Å²) in [6, 6.07) is 21.1. The van der Waals surface area contributed by atoms with E-state index >= 15 is 0 Å². The van der Waals surface area contributed by atoms with Crippen molar-refractivity contribution in [3.63, 3.8) is 0 Å². The number of benzene rings is 3. The van der Waals surface area contributed by atoms with Gasteiger partial charge in [0, 0.05) is 6.54 Å². The van der Waals surface area contributed by atoms with E-state index < -0.39 is 5.97 Å². The number of carbonyl (C=O) groups excluding carboxylic acids is 2. The number of rotatable bonds is 9. The molecule has 0 aliphatic rings. The van der Waals surface area contributed by atoms with Crippen LogP contribution in [0.15, 0.2) is 66.7 Å². The zero-order chi connectivity index (χ0) is 20.5. The summed E-state index contributed by atoms with van der Waals surface area (Å²) in [7, 11) is 1.61. The maximum atomic E-state index is 11.8. The van der Waals surface area contributed by atoms with Gasteiger partial charge in [0.15, 0.2) is 13.2 Å². The Morgan fingerprint density at radius 1 is 0.862 bits per heavy atom. The van der Waals surface area contributed by atoms with Crippen LogP contribution >= 0.6 is 0 Å². The molecule has 0 spiro atoms. The van der Waals surface area contributed by atoms with Gasteiger partial charge in [-0.05, 0) is 47.0 Å². The van der Waals surface area contributed by atoms with Crippen molar-refractivity contribution in [2.75, 3.05) is 26.9 Å². The molecule has 0 aliphatic carbocycles. The SMILES string of the molecule is COc1ccc(CCNC(=O)COC(=O)COc2ccc3ccccc3c2)cc1. The standard InChI is InChI=1S/C23H23NO5/c1-27-20-9-6-17(7-10-20)12-13-24-22(25)15-29-23(26)16-28-21-11-8-18-4-2-3-5-19(18)14-21/h2-11,14H,12-13,15-16H2,1H3,(H,24,25).